The van der Waals surface area contributed by atoms with Crippen molar-refractivity contribution in [3.63, 3.8) is 0 Å². The first-order valence-electron chi connectivity index (χ1n) is 8.54. The minimum atomic E-state index is -0.318. The van der Waals surface area contributed by atoms with Crippen molar-refractivity contribution < 1.29 is 4.79 Å². The molecule has 0 saturated carbocycles. The normalized spacial score (nSPS) is 10.9. The van der Waals surface area contributed by atoms with E-state index in [-0.39, 0.29) is 11.6 Å². The van der Waals surface area contributed by atoms with Gasteiger partial charge in [0.2, 0.25) is 0 Å². The second-order valence-electron chi connectivity index (χ2n) is 6.36. The van der Waals surface area contributed by atoms with Crippen molar-refractivity contribution in [3.8, 4) is 11.1 Å². The minimum absolute atomic E-state index is 0.139. The summed E-state index contributed by atoms with van der Waals surface area (Å²) in [6, 6.07) is 9.73. The zero-order chi connectivity index (χ0) is 18.8. The lowest BCUT2D eigenvalue weighted by Gasteiger charge is -2.14. The Morgan fingerprint density at radius 1 is 1.19 bits per heavy atom. The van der Waals surface area contributed by atoms with Gasteiger partial charge >= 0.3 is 0 Å². The molecular weight excluding hydrogens is 348 g/mol. The molecule has 0 aliphatic rings. The number of halogens is 1. The molecule has 1 amide bonds. The first-order valence-corrected chi connectivity index (χ1v) is 8.92. The lowest BCUT2D eigenvalue weighted by Crippen LogP contribution is -2.26. The van der Waals surface area contributed by atoms with Gasteiger partial charge in [0.1, 0.15) is 5.52 Å². The van der Waals surface area contributed by atoms with Gasteiger partial charge in [-0.05, 0) is 43.5 Å². The van der Waals surface area contributed by atoms with Crippen LogP contribution in [0.1, 0.15) is 35.0 Å². The van der Waals surface area contributed by atoms with Crippen LogP contribution in [0.5, 0.6) is 0 Å². The van der Waals surface area contributed by atoms with E-state index >= 15 is 0 Å². The summed E-state index contributed by atoms with van der Waals surface area (Å²) in [7, 11) is 0. The summed E-state index contributed by atoms with van der Waals surface area (Å²) in [6.07, 6.45) is 0.832. The van der Waals surface area contributed by atoms with Gasteiger partial charge in [-0.25, -0.2) is 0 Å². The summed E-state index contributed by atoms with van der Waals surface area (Å²) in [5, 5.41) is 12.4. The summed E-state index contributed by atoms with van der Waals surface area (Å²) in [5.41, 5.74) is 11.3. The van der Waals surface area contributed by atoms with E-state index in [9.17, 15) is 4.79 Å². The van der Waals surface area contributed by atoms with Gasteiger partial charge in [-0.2, -0.15) is 0 Å². The van der Waals surface area contributed by atoms with Crippen molar-refractivity contribution in [2.75, 3.05) is 12.3 Å². The van der Waals surface area contributed by atoms with Gasteiger partial charge < -0.3 is 11.1 Å². The summed E-state index contributed by atoms with van der Waals surface area (Å²) >= 11 is 6.50. The van der Waals surface area contributed by atoms with Crippen LogP contribution in [-0.4, -0.2) is 22.6 Å². The monoisotopic (exact) mass is 368 g/mol. The van der Waals surface area contributed by atoms with Crippen molar-refractivity contribution in [1.82, 2.24) is 15.5 Å². The Morgan fingerprint density at radius 2 is 1.96 bits per heavy atom. The molecule has 0 aliphatic heterocycles. The second-order valence-corrected chi connectivity index (χ2v) is 6.76. The number of nitrogens with one attached hydrogen (secondary N) is 1. The van der Waals surface area contributed by atoms with E-state index in [2.05, 4.69) is 21.6 Å². The number of amides is 1. The number of anilines is 1. The average molecular weight is 369 g/mol. The van der Waals surface area contributed by atoms with Gasteiger partial charge in [0.25, 0.3) is 5.91 Å². The standard InChI is InChI=1S/C20H21ClN4O/c1-4-9-23-20(26)19-17(22)13-7-8-15(21)16(18(13)24-25-19)14-10-11(2)5-6-12(14)3/h5-8,10H,4,9H2,1-3H3,(H2,22,24)(H,23,26). The van der Waals surface area contributed by atoms with E-state index in [1.165, 1.54) is 0 Å². The number of hydrogen-bond acceptors (Lipinski definition) is 4. The summed E-state index contributed by atoms with van der Waals surface area (Å²) < 4.78 is 0. The second kappa shape index (κ2) is 7.30. The molecule has 3 aromatic rings. The molecule has 0 aliphatic carbocycles. The van der Waals surface area contributed by atoms with Crippen LogP contribution in [0, 0.1) is 13.8 Å². The van der Waals surface area contributed by atoms with Gasteiger partial charge in [0, 0.05) is 17.5 Å². The van der Waals surface area contributed by atoms with Crippen molar-refractivity contribution in [2.45, 2.75) is 27.2 Å². The fourth-order valence-electron chi connectivity index (χ4n) is 2.92. The lowest BCUT2D eigenvalue weighted by atomic mass is 9.96. The van der Waals surface area contributed by atoms with Crippen molar-refractivity contribution in [2.24, 2.45) is 0 Å². The highest BCUT2D eigenvalue weighted by Gasteiger charge is 2.19. The number of aromatic nitrogens is 2. The van der Waals surface area contributed by atoms with E-state index < -0.39 is 0 Å². The molecule has 0 unspecified atom stereocenters. The number of rotatable bonds is 4. The Morgan fingerprint density at radius 3 is 2.69 bits per heavy atom. The van der Waals surface area contributed by atoms with Gasteiger partial charge in [0.05, 0.1) is 10.7 Å². The van der Waals surface area contributed by atoms with E-state index in [1.54, 1.807) is 12.1 Å². The average Bonchev–Trinajstić information content (AvgIpc) is 2.62. The maximum Gasteiger partial charge on any atom is 0.273 e. The number of aryl methyl sites for hydroxylation is 2. The molecule has 26 heavy (non-hydrogen) atoms. The van der Waals surface area contributed by atoms with E-state index in [0.29, 0.717) is 28.2 Å². The number of nitrogens with zero attached hydrogens (tertiary/aromatic N) is 2. The Bertz CT molecular complexity index is 1000. The molecule has 0 saturated heterocycles. The fourth-order valence-corrected chi connectivity index (χ4v) is 3.17. The Hall–Kier alpha value is -2.66. The van der Waals surface area contributed by atoms with Crippen LogP contribution in [-0.2, 0) is 0 Å². The third kappa shape index (κ3) is 3.22. The zero-order valence-electron chi connectivity index (χ0n) is 15.1. The largest absolute Gasteiger partial charge is 0.396 e. The van der Waals surface area contributed by atoms with Crippen LogP contribution in [0.4, 0.5) is 5.69 Å². The number of nitrogens with two attached hydrogens (primary N) is 1. The highest BCUT2D eigenvalue weighted by molar-refractivity contribution is 6.35. The smallest absolute Gasteiger partial charge is 0.273 e. The number of carbonyl (C=O) groups excluding carboxylic acids is 1. The highest BCUT2D eigenvalue weighted by Crippen LogP contribution is 2.38. The summed E-state index contributed by atoms with van der Waals surface area (Å²) in [6.45, 7) is 6.59. The number of benzene rings is 2. The molecular formula is C20H21ClN4O. The van der Waals surface area contributed by atoms with E-state index in [4.69, 9.17) is 17.3 Å². The topological polar surface area (TPSA) is 80.9 Å². The molecule has 1 aromatic heterocycles. The molecule has 0 radical (unpaired) electrons. The molecule has 0 fully saturated rings. The van der Waals surface area contributed by atoms with Crippen LogP contribution >= 0.6 is 11.6 Å². The SMILES string of the molecule is CCCNC(=O)c1nnc2c(-c3cc(C)ccc3C)c(Cl)ccc2c1N. The first kappa shape index (κ1) is 18.1. The van der Waals surface area contributed by atoms with Crippen LogP contribution in [0.25, 0.3) is 22.0 Å². The molecule has 5 nitrogen and oxygen atoms in total. The molecule has 0 spiro atoms. The molecule has 134 valence electrons. The van der Waals surface area contributed by atoms with Gasteiger partial charge in [-0.3, -0.25) is 4.79 Å². The molecule has 3 rings (SSSR count). The van der Waals surface area contributed by atoms with E-state index in [0.717, 1.165) is 28.7 Å². The third-order valence-corrected chi connectivity index (χ3v) is 4.65. The maximum atomic E-state index is 12.3. The molecule has 6 heteroatoms. The van der Waals surface area contributed by atoms with Crippen molar-refractivity contribution >= 4 is 34.1 Å². The summed E-state index contributed by atoms with van der Waals surface area (Å²) in [4.78, 5) is 12.3. The fraction of sp³-hybridized carbons (Fsp3) is 0.250. The number of fused-ring (bicyclic) bond motifs is 1. The molecule has 3 N–H and O–H groups in total. The first-order chi connectivity index (χ1) is 12.4. The predicted molar refractivity (Wildman–Crippen MR) is 106 cm³/mol. The van der Waals surface area contributed by atoms with Crippen LogP contribution in [0.2, 0.25) is 5.02 Å². The maximum absolute atomic E-state index is 12.3. The number of hydrogen-bond donors (Lipinski definition) is 2. The molecule has 0 atom stereocenters. The number of nitrogen functional groups attached to an aromatic ring is 1. The Balaban J connectivity index is 2.23. The predicted octanol–water partition coefficient (Wildman–Crippen LogP) is 4.29. The minimum Gasteiger partial charge on any atom is -0.396 e. The Labute approximate surface area is 157 Å². The highest BCUT2D eigenvalue weighted by atomic mass is 35.5. The van der Waals surface area contributed by atoms with Crippen LogP contribution in [0.15, 0.2) is 30.3 Å². The van der Waals surface area contributed by atoms with Crippen LogP contribution in [0.3, 0.4) is 0 Å². The van der Waals surface area contributed by atoms with Gasteiger partial charge in [0.15, 0.2) is 5.69 Å². The molecule has 1 heterocycles. The third-order valence-electron chi connectivity index (χ3n) is 4.34. The van der Waals surface area contributed by atoms with E-state index in [1.807, 2.05) is 32.9 Å². The quantitative estimate of drug-likeness (QED) is 0.719. The molecule has 2 aromatic carbocycles. The molecule has 0 bridgehead atoms. The summed E-state index contributed by atoms with van der Waals surface area (Å²) in [5.74, 6) is -0.318. The van der Waals surface area contributed by atoms with Crippen molar-refractivity contribution in [3.05, 3.63) is 52.2 Å². The zero-order valence-corrected chi connectivity index (χ0v) is 15.8. The van der Waals surface area contributed by atoms with Gasteiger partial charge in [-0.1, -0.05) is 42.3 Å². The number of carbonyl (C=O) groups is 1. The lowest BCUT2D eigenvalue weighted by molar-refractivity contribution is 0.0949. The van der Waals surface area contributed by atoms with Crippen LogP contribution < -0.4 is 11.1 Å². The Kier molecular flexibility index (Phi) is 5.09. The van der Waals surface area contributed by atoms with Crippen molar-refractivity contribution in [1.29, 1.82) is 0 Å². The van der Waals surface area contributed by atoms with Gasteiger partial charge in [-0.15, -0.1) is 10.2 Å².